The Morgan fingerprint density at radius 2 is 2.12 bits per heavy atom. The second-order valence-corrected chi connectivity index (χ2v) is 5.36. The number of benzene rings is 2. The first kappa shape index (κ1) is 8.21. The van der Waals surface area contributed by atoms with Gasteiger partial charge in [-0.3, -0.25) is 0 Å². The molecule has 126 valence electrons. The molecule has 4 rings (SSSR count). The Balaban J connectivity index is 1.66. The van der Waals surface area contributed by atoms with Gasteiger partial charge in [-0.05, 0) is 48.6 Å². The highest BCUT2D eigenvalue weighted by Crippen LogP contribution is 2.36. The Morgan fingerprint density at radius 1 is 1.29 bits per heavy atom. The van der Waals surface area contributed by atoms with E-state index >= 15 is 0 Å². The van der Waals surface area contributed by atoms with Crippen molar-refractivity contribution in [3.8, 4) is 17.2 Å². The number of nitrogens with one attached hydrogen (secondary N) is 1. The topological polar surface area (TPSA) is 39.7 Å². The zero-order valence-electron chi connectivity index (χ0n) is 21.5. The van der Waals surface area contributed by atoms with Crippen LogP contribution >= 0.6 is 0 Å². The van der Waals surface area contributed by atoms with E-state index in [1.165, 1.54) is 18.2 Å². The molecule has 2 aliphatic rings. The third-order valence-electron chi connectivity index (χ3n) is 3.84. The molecule has 2 heterocycles. The fourth-order valence-corrected chi connectivity index (χ4v) is 2.59. The second kappa shape index (κ2) is 6.69. The summed E-state index contributed by atoms with van der Waals surface area (Å²) in [5, 5.41) is 2.60. The Morgan fingerprint density at radius 3 is 3.00 bits per heavy atom. The van der Waals surface area contributed by atoms with Crippen molar-refractivity contribution in [1.29, 1.82) is 0 Å². The van der Waals surface area contributed by atoms with E-state index in [1.54, 1.807) is 0 Å². The number of fused-ring (bicyclic) bond motifs is 1. The zero-order valence-corrected chi connectivity index (χ0v) is 12.5. The molecule has 5 heteroatoms. The van der Waals surface area contributed by atoms with Gasteiger partial charge in [-0.25, -0.2) is 4.39 Å². The highest BCUT2D eigenvalue weighted by atomic mass is 19.1. The summed E-state index contributed by atoms with van der Waals surface area (Å²) in [4.78, 5) is 0. The van der Waals surface area contributed by atoms with Crippen molar-refractivity contribution in [3.05, 3.63) is 53.7 Å². The lowest BCUT2D eigenvalue weighted by atomic mass is 9.81. The smallest absolute Gasteiger partial charge is 0.231 e. The third-order valence-corrected chi connectivity index (χ3v) is 3.84. The van der Waals surface area contributed by atoms with Crippen LogP contribution in [0.2, 0.25) is 0 Å². The van der Waals surface area contributed by atoms with Crippen molar-refractivity contribution in [2.24, 2.45) is 5.89 Å². The third kappa shape index (κ3) is 3.17. The van der Waals surface area contributed by atoms with Crippen LogP contribution in [0, 0.1) is 11.7 Å². The summed E-state index contributed by atoms with van der Waals surface area (Å²) in [6, 6.07) is 1.23. The van der Waals surface area contributed by atoms with Crippen molar-refractivity contribution < 1.29 is 30.9 Å². The summed E-state index contributed by atoms with van der Waals surface area (Å²) < 4.78 is 102. The van der Waals surface area contributed by atoms with E-state index < -0.39 is 55.0 Å². The van der Waals surface area contributed by atoms with E-state index in [0.717, 1.165) is 0 Å². The molecule has 0 bridgehead atoms. The Hall–Kier alpha value is -2.27. The summed E-state index contributed by atoms with van der Waals surface area (Å²) >= 11 is 0. The lowest BCUT2D eigenvalue weighted by molar-refractivity contribution is 0.173. The van der Waals surface area contributed by atoms with E-state index in [9.17, 15) is 4.39 Å². The van der Waals surface area contributed by atoms with Gasteiger partial charge in [0.1, 0.15) is 14.3 Å². The number of hydrogen-bond acceptors (Lipinski definition) is 4. The van der Waals surface area contributed by atoms with E-state index in [2.05, 4.69) is 5.32 Å². The van der Waals surface area contributed by atoms with Crippen LogP contribution in [0.4, 0.5) is 4.39 Å². The molecule has 1 saturated heterocycles. The Kier molecular flexibility index (Phi) is 2.29. The molecule has 2 aromatic carbocycles. The van der Waals surface area contributed by atoms with Crippen molar-refractivity contribution in [1.82, 2.24) is 5.32 Å². The average Bonchev–Trinajstić information content (AvgIpc) is 3.05. The molecule has 2 aliphatic heterocycles. The minimum absolute atomic E-state index is 0.101. The van der Waals surface area contributed by atoms with Crippen LogP contribution in [-0.4, -0.2) is 26.4 Å². The molecule has 0 radical (unpaired) electrons. The molecule has 2 aromatic rings. The van der Waals surface area contributed by atoms with Gasteiger partial charge in [0, 0.05) is 22.6 Å². The summed E-state index contributed by atoms with van der Waals surface area (Å²) in [7, 11) is 0. The predicted octanol–water partition coefficient (Wildman–Crippen LogP) is 3.33. The SMILES string of the molecule is [2H]c1c([2H])c(C2CC([2H])([2H])NC[C@]2([2H])COc2ccc3c(c2)OC([2H])([2H])O3)c([2H])c([2H])c1F. The van der Waals surface area contributed by atoms with Crippen LogP contribution in [0.25, 0.3) is 0 Å². The van der Waals surface area contributed by atoms with Gasteiger partial charge in [0.05, 0.1) is 12.1 Å². The first-order chi connectivity index (χ1) is 15.2. The summed E-state index contributed by atoms with van der Waals surface area (Å²) in [5.41, 5.74) is -0.241. The quantitative estimate of drug-likeness (QED) is 0.928. The van der Waals surface area contributed by atoms with E-state index in [0.29, 0.717) is 0 Å². The van der Waals surface area contributed by atoms with Gasteiger partial charge in [0.2, 0.25) is 6.75 Å². The summed E-state index contributed by atoms with van der Waals surface area (Å²) in [6.07, 6.45) is -0.358. The number of hydrogen-bond donors (Lipinski definition) is 1. The standard InChI is InChI=1S/C19H20FNO3/c20-15-3-1-13(2-4-15)17-7-8-21-10-14(17)11-22-16-5-6-18-19(9-16)24-12-23-18/h1-6,9,14,17,21H,7-8,10-12H2/t14-,17?/m1/s1/i1D,2D,3D,4D,8D2,12D2,14D. The normalized spacial score (nSPS) is 35.0. The van der Waals surface area contributed by atoms with Crippen molar-refractivity contribution >= 4 is 0 Å². The van der Waals surface area contributed by atoms with Gasteiger partial charge in [-0.1, -0.05) is 12.1 Å². The molecular formula is C19H20FNO3. The Labute approximate surface area is 153 Å². The van der Waals surface area contributed by atoms with Crippen LogP contribution in [0.1, 0.15) is 30.2 Å². The Bertz CT molecular complexity index is 1090. The van der Waals surface area contributed by atoms with Crippen molar-refractivity contribution in [3.63, 3.8) is 0 Å². The number of rotatable bonds is 4. The van der Waals surface area contributed by atoms with Gasteiger partial charge in [-0.15, -0.1) is 0 Å². The molecular weight excluding hydrogens is 309 g/mol. The minimum Gasteiger partial charge on any atom is -0.493 e. The zero-order chi connectivity index (χ0) is 24.3. The molecule has 0 saturated carbocycles. The average molecular weight is 338 g/mol. The minimum atomic E-state index is -2.32. The van der Waals surface area contributed by atoms with E-state index in [4.69, 9.17) is 26.5 Å². The first-order valence-corrected chi connectivity index (χ1v) is 7.39. The van der Waals surface area contributed by atoms with Crippen LogP contribution in [0.5, 0.6) is 17.2 Å². The second-order valence-electron chi connectivity index (χ2n) is 5.36. The predicted molar refractivity (Wildman–Crippen MR) is 88.2 cm³/mol. The highest BCUT2D eigenvalue weighted by molar-refractivity contribution is 5.46. The molecule has 2 atom stereocenters. The summed E-state index contributed by atoms with van der Waals surface area (Å²) in [5.74, 6) is -3.60. The molecule has 1 unspecified atom stereocenters. The molecule has 0 aromatic heterocycles. The van der Waals surface area contributed by atoms with Crippen LogP contribution in [-0.2, 0) is 0 Å². The van der Waals surface area contributed by atoms with Gasteiger partial charge in [-0.2, -0.15) is 0 Å². The van der Waals surface area contributed by atoms with Crippen molar-refractivity contribution in [2.75, 3.05) is 26.4 Å². The van der Waals surface area contributed by atoms with Gasteiger partial charge in [0.15, 0.2) is 11.5 Å². The van der Waals surface area contributed by atoms with Crippen LogP contribution in [0.15, 0.2) is 42.4 Å². The highest BCUT2D eigenvalue weighted by Gasteiger charge is 2.27. The first-order valence-electron chi connectivity index (χ1n) is 11.9. The fraction of sp³-hybridized carbons (Fsp3) is 0.368. The molecule has 0 aliphatic carbocycles. The molecule has 1 N–H and O–H groups in total. The number of piperidine rings is 1. The van der Waals surface area contributed by atoms with Crippen molar-refractivity contribution in [2.45, 2.75) is 12.3 Å². The van der Waals surface area contributed by atoms with Crippen LogP contribution in [0.3, 0.4) is 0 Å². The maximum Gasteiger partial charge on any atom is 0.231 e. The number of halogens is 1. The monoisotopic (exact) mass is 338 g/mol. The molecule has 1 fully saturated rings. The lowest BCUT2D eigenvalue weighted by Crippen LogP contribution is -2.38. The van der Waals surface area contributed by atoms with Crippen LogP contribution < -0.4 is 19.5 Å². The lowest BCUT2D eigenvalue weighted by Gasteiger charge is -2.32. The van der Waals surface area contributed by atoms with Gasteiger partial charge >= 0.3 is 0 Å². The molecule has 4 nitrogen and oxygen atoms in total. The van der Waals surface area contributed by atoms with Gasteiger partial charge in [0.25, 0.3) is 0 Å². The maximum atomic E-state index is 14.1. The molecule has 0 spiro atoms. The molecule has 0 amide bonds. The maximum absolute atomic E-state index is 14.1. The van der Waals surface area contributed by atoms with E-state index in [1.807, 2.05) is 0 Å². The van der Waals surface area contributed by atoms with E-state index in [-0.39, 0.29) is 42.4 Å². The number of ether oxygens (including phenoxy) is 3. The largest absolute Gasteiger partial charge is 0.493 e. The van der Waals surface area contributed by atoms with Gasteiger partial charge < -0.3 is 19.5 Å². The molecule has 24 heavy (non-hydrogen) atoms. The summed E-state index contributed by atoms with van der Waals surface area (Å²) in [6.45, 7) is -4.86. The fourth-order valence-electron chi connectivity index (χ4n) is 2.59.